The van der Waals surface area contributed by atoms with Gasteiger partial charge in [-0.05, 0) is 51.4 Å². The summed E-state index contributed by atoms with van der Waals surface area (Å²) >= 11 is 0. The Hall–Kier alpha value is -2.91. The Labute approximate surface area is 229 Å². The van der Waals surface area contributed by atoms with Crippen molar-refractivity contribution in [3.05, 3.63) is 71.7 Å². The van der Waals surface area contributed by atoms with Crippen molar-refractivity contribution in [3.63, 3.8) is 0 Å². The number of phenolic OH excluding ortho intramolecular Hbond substituents is 1. The van der Waals surface area contributed by atoms with Crippen LogP contribution in [0.1, 0.15) is 41.6 Å². The molecule has 0 atom stereocenters. The van der Waals surface area contributed by atoms with Crippen LogP contribution in [0.25, 0.3) is 11.1 Å². The standard InChI is InChI=1S/C27H31FN4O3.2ClH/c1-32(2)16-18-8-13-22(17-6-4-3-5-7-17)24(33)25(18)35-27-23(14-19(28)15-30-27)26(34)31-21-11-9-20(29)10-12-21;;/h3-8,13-15,20-21,33H,9-12,16,29H2,1-2H3,(H,31,34);2*1H. The smallest absolute Gasteiger partial charge is 0.257 e. The number of hydrogen-bond acceptors (Lipinski definition) is 6. The van der Waals surface area contributed by atoms with E-state index in [9.17, 15) is 14.3 Å². The molecule has 1 aliphatic rings. The highest BCUT2D eigenvalue weighted by molar-refractivity contribution is 5.96. The van der Waals surface area contributed by atoms with E-state index in [1.165, 1.54) is 0 Å². The first-order valence-corrected chi connectivity index (χ1v) is 11.8. The van der Waals surface area contributed by atoms with E-state index in [1.807, 2.05) is 61.5 Å². The van der Waals surface area contributed by atoms with Gasteiger partial charge in [-0.3, -0.25) is 4.79 Å². The predicted octanol–water partition coefficient (Wildman–Crippen LogP) is 5.29. The average molecular weight is 551 g/mol. The van der Waals surface area contributed by atoms with Gasteiger partial charge >= 0.3 is 0 Å². The normalized spacial score (nSPS) is 16.9. The zero-order chi connectivity index (χ0) is 24.9. The van der Waals surface area contributed by atoms with Gasteiger partial charge in [-0.2, -0.15) is 0 Å². The largest absolute Gasteiger partial charge is 0.504 e. The lowest BCUT2D eigenvalue weighted by Gasteiger charge is -2.27. The molecule has 0 spiro atoms. The van der Waals surface area contributed by atoms with Gasteiger partial charge in [0.1, 0.15) is 11.4 Å². The number of rotatable bonds is 7. The highest BCUT2D eigenvalue weighted by Gasteiger charge is 2.25. The number of hydrogen-bond donors (Lipinski definition) is 3. The highest BCUT2D eigenvalue weighted by atomic mass is 35.5. The van der Waals surface area contributed by atoms with E-state index in [-0.39, 0.29) is 59.8 Å². The lowest BCUT2D eigenvalue weighted by molar-refractivity contribution is 0.0922. The van der Waals surface area contributed by atoms with Crippen LogP contribution in [0.15, 0.2) is 54.7 Å². The van der Waals surface area contributed by atoms with Crippen LogP contribution < -0.4 is 15.8 Å². The Morgan fingerprint density at radius 1 is 1.14 bits per heavy atom. The van der Waals surface area contributed by atoms with Gasteiger partial charge in [0.05, 0.1) is 6.20 Å². The molecule has 0 unspecified atom stereocenters. The first-order valence-electron chi connectivity index (χ1n) is 11.8. The molecule has 10 heteroatoms. The minimum absolute atomic E-state index is 0. The number of carbonyl (C=O) groups excluding carboxylic acids is 1. The number of nitrogens with one attached hydrogen (secondary N) is 1. The summed E-state index contributed by atoms with van der Waals surface area (Å²) in [5.41, 5.74) is 8.03. The number of nitrogens with two attached hydrogens (primary N) is 1. The van der Waals surface area contributed by atoms with Gasteiger partial charge in [0.25, 0.3) is 5.91 Å². The SMILES string of the molecule is CN(C)Cc1ccc(-c2ccccc2)c(O)c1Oc1ncc(F)cc1C(=O)NC1CCC(N)CC1.Cl.Cl. The number of benzene rings is 2. The van der Waals surface area contributed by atoms with Gasteiger partial charge in [0.15, 0.2) is 11.5 Å². The van der Waals surface area contributed by atoms with Crippen LogP contribution in [0.3, 0.4) is 0 Å². The Bertz CT molecular complexity index is 1190. The molecular formula is C27H33Cl2FN4O3. The van der Waals surface area contributed by atoms with Crippen LogP contribution >= 0.6 is 24.8 Å². The number of carbonyl (C=O) groups is 1. The van der Waals surface area contributed by atoms with Crippen LogP contribution in [-0.2, 0) is 6.54 Å². The number of aromatic nitrogens is 1. The second-order valence-electron chi connectivity index (χ2n) is 9.25. The third-order valence-corrected chi connectivity index (χ3v) is 6.15. The predicted molar refractivity (Wildman–Crippen MR) is 147 cm³/mol. The second-order valence-corrected chi connectivity index (χ2v) is 9.25. The molecule has 3 aromatic rings. The van der Waals surface area contributed by atoms with Crippen LogP contribution in [0, 0.1) is 5.82 Å². The Morgan fingerprint density at radius 2 is 1.81 bits per heavy atom. The van der Waals surface area contributed by atoms with Gasteiger partial charge in [-0.15, -0.1) is 24.8 Å². The number of phenols is 1. The Morgan fingerprint density at radius 3 is 2.46 bits per heavy atom. The van der Waals surface area contributed by atoms with Crippen LogP contribution in [0.4, 0.5) is 4.39 Å². The molecule has 1 heterocycles. The average Bonchev–Trinajstić information content (AvgIpc) is 2.84. The maximum Gasteiger partial charge on any atom is 0.257 e. The van der Waals surface area contributed by atoms with Gasteiger partial charge in [0, 0.05) is 29.8 Å². The number of nitrogens with zero attached hydrogens (tertiary/aromatic N) is 2. The van der Waals surface area contributed by atoms with Crippen molar-refractivity contribution < 1.29 is 19.0 Å². The van der Waals surface area contributed by atoms with Crippen molar-refractivity contribution in [3.8, 4) is 28.5 Å². The summed E-state index contributed by atoms with van der Waals surface area (Å²) in [4.78, 5) is 19.1. The van der Waals surface area contributed by atoms with Crippen molar-refractivity contribution in [2.45, 2.75) is 44.3 Å². The fourth-order valence-corrected chi connectivity index (χ4v) is 4.34. The summed E-state index contributed by atoms with van der Waals surface area (Å²) in [5, 5.41) is 14.2. The molecule has 0 bridgehead atoms. The summed E-state index contributed by atoms with van der Waals surface area (Å²) in [6.07, 6.45) is 4.17. The van der Waals surface area contributed by atoms with Crippen molar-refractivity contribution in [1.29, 1.82) is 0 Å². The summed E-state index contributed by atoms with van der Waals surface area (Å²) < 4.78 is 20.2. The topological polar surface area (TPSA) is 101 Å². The highest BCUT2D eigenvalue weighted by Crippen LogP contribution is 2.42. The number of halogens is 3. The molecule has 1 aromatic heterocycles. The zero-order valence-electron chi connectivity index (χ0n) is 20.8. The molecule has 1 saturated carbocycles. The van der Waals surface area contributed by atoms with Gasteiger partial charge in [-0.1, -0.05) is 42.5 Å². The molecule has 0 radical (unpaired) electrons. The molecule has 200 valence electrons. The fraction of sp³-hybridized carbons (Fsp3) is 0.333. The number of pyridine rings is 1. The molecule has 1 aliphatic carbocycles. The molecule has 0 saturated heterocycles. The van der Waals surface area contributed by atoms with E-state index in [0.717, 1.165) is 43.5 Å². The van der Waals surface area contributed by atoms with E-state index in [4.69, 9.17) is 10.5 Å². The third-order valence-electron chi connectivity index (χ3n) is 6.15. The molecule has 0 aliphatic heterocycles. The summed E-state index contributed by atoms with van der Waals surface area (Å²) in [5.74, 6) is -1.09. The minimum Gasteiger partial charge on any atom is -0.504 e. The second kappa shape index (κ2) is 13.6. The molecule has 4 N–H and O–H groups in total. The monoisotopic (exact) mass is 550 g/mol. The lowest BCUT2D eigenvalue weighted by Crippen LogP contribution is -2.40. The quantitative estimate of drug-likeness (QED) is 0.369. The Balaban J connectivity index is 0.00000241. The molecular weight excluding hydrogens is 518 g/mol. The molecule has 37 heavy (non-hydrogen) atoms. The number of aromatic hydroxyl groups is 1. The van der Waals surface area contributed by atoms with E-state index >= 15 is 0 Å². The van der Waals surface area contributed by atoms with E-state index in [2.05, 4.69) is 10.3 Å². The van der Waals surface area contributed by atoms with Crippen molar-refractivity contribution in [2.75, 3.05) is 14.1 Å². The van der Waals surface area contributed by atoms with Gasteiger partial charge in [-0.25, -0.2) is 9.37 Å². The van der Waals surface area contributed by atoms with Crippen LogP contribution in [0.2, 0.25) is 0 Å². The van der Waals surface area contributed by atoms with E-state index in [1.54, 1.807) is 0 Å². The van der Waals surface area contributed by atoms with E-state index in [0.29, 0.717) is 17.7 Å². The zero-order valence-corrected chi connectivity index (χ0v) is 22.4. The van der Waals surface area contributed by atoms with Gasteiger partial charge < -0.3 is 25.8 Å². The lowest BCUT2D eigenvalue weighted by atomic mass is 9.91. The summed E-state index contributed by atoms with van der Waals surface area (Å²) in [7, 11) is 3.80. The first kappa shape index (κ1) is 30.3. The summed E-state index contributed by atoms with van der Waals surface area (Å²) in [6.45, 7) is 0.475. The fourth-order valence-electron chi connectivity index (χ4n) is 4.34. The molecule has 4 rings (SSSR count). The minimum atomic E-state index is -0.649. The third kappa shape index (κ3) is 7.55. The molecule has 1 amide bonds. The van der Waals surface area contributed by atoms with Crippen molar-refractivity contribution in [2.24, 2.45) is 5.73 Å². The van der Waals surface area contributed by atoms with Crippen LogP contribution in [0.5, 0.6) is 17.4 Å². The maximum atomic E-state index is 14.1. The molecule has 2 aromatic carbocycles. The van der Waals surface area contributed by atoms with Crippen molar-refractivity contribution >= 4 is 30.7 Å². The molecule has 7 nitrogen and oxygen atoms in total. The van der Waals surface area contributed by atoms with E-state index < -0.39 is 11.7 Å². The number of ether oxygens (including phenoxy) is 1. The number of amides is 1. The van der Waals surface area contributed by atoms with Gasteiger partial charge in [0.2, 0.25) is 5.88 Å². The maximum absolute atomic E-state index is 14.1. The Kier molecular flexibility index (Phi) is 11.1. The van der Waals surface area contributed by atoms with Crippen LogP contribution in [-0.4, -0.2) is 47.1 Å². The summed E-state index contributed by atoms with van der Waals surface area (Å²) in [6, 6.07) is 14.3. The molecule has 1 fully saturated rings. The van der Waals surface area contributed by atoms with Crippen molar-refractivity contribution in [1.82, 2.24) is 15.2 Å². The first-order chi connectivity index (χ1) is 16.8.